The summed E-state index contributed by atoms with van der Waals surface area (Å²) in [6, 6.07) is 11.8. The molecule has 108 valence electrons. The first-order valence-corrected chi connectivity index (χ1v) is 7.84. The van der Waals surface area contributed by atoms with Gasteiger partial charge in [-0.1, -0.05) is 26.0 Å². The summed E-state index contributed by atoms with van der Waals surface area (Å²) in [4.78, 5) is 16.9. The molecule has 0 atom stereocenters. The molecule has 0 aliphatic rings. The highest BCUT2D eigenvalue weighted by atomic mass is 32.1. The van der Waals surface area contributed by atoms with Crippen LogP contribution < -0.4 is 5.32 Å². The van der Waals surface area contributed by atoms with Crippen LogP contribution in [-0.4, -0.2) is 17.4 Å². The number of rotatable bonds is 4. The zero-order chi connectivity index (χ0) is 14.9. The number of hydrogen-bond donors (Lipinski definition) is 2. The number of amides is 1. The van der Waals surface area contributed by atoms with Gasteiger partial charge in [0, 0.05) is 39.5 Å². The molecule has 0 bridgehead atoms. The first-order valence-electron chi connectivity index (χ1n) is 6.96. The summed E-state index contributed by atoms with van der Waals surface area (Å²) in [6.45, 7) is 4.92. The van der Waals surface area contributed by atoms with Crippen LogP contribution in [0.3, 0.4) is 0 Å². The number of H-pyrrole nitrogens is 1. The predicted molar refractivity (Wildman–Crippen MR) is 88.0 cm³/mol. The smallest absolute Gasteiger partial charge is 0.251 e. The Balaban J connectivity index is 1.77. The number of fused-ring (bicyclic) bond motifs is 1. The van der Waals surface area contributed by atoms with E-state index in [0.717, 1.165) is 16.5 Å². The number of aromatic nitrogens is 1. The zero-order valence-electron chi connectivity index (χ0n) is 12.1. The molecule has 4 heteroatoms. The van der Waals surface area contributed by atoms with E-state index < -0.39 is 0 Å². The highest BCUT2D eigenvalue weighted by Crippen LogP contribution is 2.27. The molecular weight excluding hydrogens is 280 g/mol. The molecule has 1 amide bonds. The number of aromatic amines is 1. The minimum Gasteiger partial charge on any atom is -0.361 e. The Morgan fingerprint density at radius 3 is 2.86 bits per heavy atom. The molecule has 0 fully saturated rings. The molecule has 0 saturated carbocycles. The second kappa shape index (κ2) is 5.37. The maximum Gasteiger partial charge on any atom is 0.251 e. The van der Waals surface area contributed by atoms with Gasteiger partial charge in [0.25, 0.3) is 5.91 Å². The molecule has 2 N–H and O–H groups in total. The van der Waals surface area contributed by atoms with Crippen LogP contribution >= 0.6 is 11.3 Å². The van der Waals surface area contributed by atoms with Crippen molar-refractivity contribution in [1.82, 2.24) is 10.3 Å². The summed E-state index contributed by atoms with van der Waals surface area (Å²) < 4.78 is 0. The fourth-order valence-corrected chi connectivity index (χ4v) is 3.28. The van der Waals surface area contributed by atoms with E-state index in [1.165, 1.54) is 4.88 Å². The Labute approximate surface area is 128 Å². The third kappa shape index (κ3) is 2.72. The molecule has 1 aromatic carbocycles. The average molecular weight is 298 g/mol. The van der Waals surface area contributed by atoms with E-state index in [9.17, 15) is 4.79 Å². The Hall–Kier alpha value is -2.07. The molecule has 2 aromatic heterocycles. The van der Waals surface area contributed by atoms with Gasteiger partial charge in [-0.3, -0.25) is 4.79 Å². The summed E-state index contributed by atoms with van der Waals surface area (Å²) in [6.07, 6.45) is 1.86. The van der Waals surface area contributed by atoms with Crippen molar-refractivity contribution in [2.45, 2.75) is 19.3 Å². The Morgan fingerprint density at radius 2 is 2.10 bits per heavy atom. The van der Waals surface area contributed by atoms with Crippen LogP contribution in [0.4, 0.5) is 0 Å². The van der Waals surface area contributed by atoms with Crippen molar-refractivity contribution in [2.75, 3.05) is 6.54 Å². The van der Waals surface area contributed by atoms with Crippen LogP contribution in [0, 0.1) is 0 Å². The molecule has 2 heterocycles. The maximum absolute atomic E-state index is 12.5. The maximum atomic E-state index is 12.5. The number of carbonyl (C=O) groups excluding carboxylic acids is 1. The fourth-order valence-electron chi connectivity index (χ4n) is 2.43. The van der Waals surface area contributed by atoms with Gasteiger partial charge in [-0.15, -0.1) is 11.3 Å². The van der Waals surface area contributed by atoms with E-state index in [0.29, 0.717) is 6.54 Å². The van der Waals surface area contributed by atoms with Crippen molar-refractivity contribution in [3.63, 3.8) is 0 Å². The van der Waals surface area contributed by atoms with Crippen molar-refractivity contribution < 1.29 is 4.79 Å². The number of thiophene rings is 1. The molecule has 3 nitrogen and oxygen atoms in total. The SMILES string of the molecule is CC(C)(CNC(=O)c1cccc2[nH]ccc12)c1cccs1. The zero-order valence-corrected chi connectivity index (χ0v) is 13.0. The molecule has 3 aromatic rings. The molecule has 0 aliphatic carbocycles. The van der Waals surface area contributed by atoms with Gasteiger partial charge in [0.1, 0.15) is 0 Å². The van der Waals surface area contributed by atoms with Crippen LogP contribution in [0.15, 0.2) is 48.0 Å². The highest BCUT2D eigenvalue weighted by Gasteiger charge is 2.23. The Morgan fingerprint density at radius 1 is 1.24 bits per heavy atom. The predicted octanol–water partition coefficient (Wildman–Crippen LogP) is 3.94. The molecule has 3 rings (SSSR count). The lowest BCUT2D eigenvalue weighted by atomic mass is 9.91. The van der Waals surface area contributed by atoms with E-state index in [1.54, 1.807) is 11.3 Å². The van der Waals surface area contributed by atoms with Crippen molar-refractivity contribution >= 4 is 28.1 Å². The molecule has 0 unspecified atom stereocenters. The first-order chi connectivity index (χ1) is 10.1. The Kier molecular flexibility index (Phi) is 3.55. The average Bonchev–Trinajstić information content (AvgIpc) is 3.14. The molecule has 0 saturated heterocycles. The summed E-state index contributed by atoms with van der Waals surface area (Å²) in [5, 5.41) is 6.09. The monoisotopic (exact) mass is 298 g/mol. The largest absolute Gasteiger partial charge is 0.361 e. The van der Waals surface area contributed by atoms with Crippen molar-refractivity contribution in [3.8, 4) is 0 Å². The van der Waals surface area contributed by atoms with Crippen LogP contribution in [-0.2, 0) is 5.41 Å². The minimum absolute atomic E-state index is 0.0233. The van der Waals surface area contributed by atoms with Crippen LogP contribution in [0.25, 0.3) is 10.9 Å². The third-order valence-corrected chi connectivity index (χ3v) is 4.95. The lowest BCUT2D eigenvalue weighted by Crippen LogP contribution is -2.36. The van der Waals surface area contributed by atoms with Crippen LogP contribution in [0.1, 0.15) is 29.1 Å². The van der Waals surface area contributed by atoms with Gasteiger partial charge >= 0.3 is 0 Å². The fraction of sp³-hybridized carbons (Fsp3) is 0.235. The van der Waals surface area contributed by atoms with Gasteiger partial charge in [-0.2, -0.15) is 0 Å². The topological polar surface area (TPSA) is 44.9 Å². The van der Waals surface area contributed by atoms with E-state index >= 15 is 0 Å². The quantitative estimate of drug-likeness (QED) is 0.753. The van der Waals surface area contributed by atoms with Crippen LogP contribution in [0.2, 0.25) is 0 Å². The number of carbonyl (C=O) groups is 1. The lowest BCUT2D eigenvalue weighted by Gasteiger charge is -2.23. The molecule has 0 radical (unpaired) electrons. The van der Waals surface area contributed by atoms with Gasteiger partial charge in [0.2, 0.25) is 0 Å². The van der Waals surface area contributed by atoms with Crippen molar-refractivity contribution in [2.24, 2.45) is 0 Å². The van der Waals surface area contributed by atoms with Crippen molar-refractivity contribution in [3.05, 3.63) is 58.4 Å². The molecule has 0 spiro atoms. The summed E-state index contributed by atoms with van der Waals surface area (Å²) >= 11 is 1.72. The number of hydrogen-bond acceptors (Lipinski definition) is 2. The minimum atomic E-state index is -0.0597. The third-order valence-electron chi connectivity index (χ3n) is 3.72. The van der Waals surface area contributed by atoms with Crippen molar-refractivity contribution in [1.29, 1.82) is 0 Å². The first kappa shape index (κ1) is 13.9. The van der Waals surface area contributed by atoms with Gasteiger partial charge in [0.05, 0.1) is 0 Å². The van der Waals surface area contributed by atoms with E-state index in [-0.39, 0.29) is 11.3 Å². The summed E-state index contributed by atoms with van der Waals surface area (Å²) in [7, 11) is 0. The van der Waals surface area contributed by atoms with E-state index in [2.05, 4.69) is 35.6 Å². The van der Waals surface area contributed by atoms with E-state index in [4.69, 9.17) is 0 Å². The van der Waals surface area contributed by atoms with Gasteiger partial charge in [-0.25, -0.2) is 0 Å². The lowest BCUT2D eigenvalue weighted by molar-refractivity contribution is 0.0947. The van der Waals surface area contributed by atoms with E-state index in [1.807, 2.05) is 36.5 Å². The summed E-state index contributed by atoms with van der Waals surface area (Å²) in [5.74, 6) is -0.0233. The van der Waals surface area contributed by atoms with Gasteiger partial charge in [-0.05, 0) is 29.6 Å². The number of nitrogens with one attached hydrogen (secondary N) is 2. The summed E-state index contributed by atoms with van der Waals surface area (Å²) in [5.41, 5.74) is 1.64. The van der Waals surface area contributed by atoms with Crippen LogP contribution in [0.5, 0.6) is 0 Å². The normalized spacial score (nSPS) is 11.7. The molecule has 21 heavy (non-hydrogen) atoms. The molecule has 0 aliphatic heterocycles. The van der Waals surface area contributed by atoms with Gasteiger partial charge in [0.15, 0.2) is 0 Å². The van der Waals surface area contributed by atoms with Gasteiger partial charge < -0.3 is 10.3 Å². The standard InChI is InChI=1S/C17H18N2OS/c1-17(2,15-7-4-10-21-15)11-19-16(20)13-5-3-6-14-12(13)8-9-18-14/h3-10,18H,11H2,1-2H3,(H,19,20). The second-order valence-electron chi connectivity index (χ2n) is 5.79. The second-order valence-corrected chi connectivity index (χ2v) is 6.74. The molecular formula is C17H18N2OS. The Bertz CT molecular complexity index is 756. The number of benzene rings is 1. The highest BCUT2D eigenvalue weighted by molar-refractivity contribution is 7.10.